The number of rotatable bonds is 4. The molecule has 0 heterocycles. The molecule has 0 unspecified atom stereocenters. The van der Waals surface area contributed by atoms with Crippen molar-refractivity contribution in [2.45, 2.75) is 13.5 Å². The molecule has 0 amide bonds. The van der Waals surface area contributed by atoms with Crippen LogP contribution in [0, 0.1) is 17.0 Å². The van der Waals surface area contributed by atoms with Gasteiger partial charge in [0.1, 0.15) is 5.75 Å². The molecule has 2 aromatic carbocycles. The van der Waals surface area contributed by atoms with E-state index in [1.165, 1.54) is 12.1 Å². The van der Waals surface area contributed by atoms with Crippen LogP contribution in [0.1, 0.15) is 11.1 Å². The maximum Gasteiger partial charge on any atom is 0.271 e. The highest BCUT2D eigenvalue weighted by atomic mass is 79.9. The summed E-state index contributed by atoms with van der Waals surface area (Å²) in [4.78, 5) is 10.4. The molecule has 5 nitrogen and oxygen atoms in total. The lowest BCUT2D eigenvalue weighted by Crippen LogP contribution is -2.02. The highest BCUT2D eigenvalue weighted by molar-refractivity contribution is 9.11. The number of phenols is 1. The molecule has 0 aliphatic heterocycles. The van der Waals surface area contributed by atoms with Gasteiger partial charge in [-0.3, -0.25) is 10.1 Å². The minimum atomic E-state index is -0.418. The quantitative estimate of drug-likeness (QED) is 0.558. The van der Waals surface area contributed by atoms with E-state index in [1.54, 1.807) is 18.2 Å². The van der Waals surface area contributed by atoms with Gasteiger partial charge in [-0.1, -0.05) is 6.07 Å². The number of nitrogens with one attached hydrogen (secondary N) is 1. The Morgan fingerprint density at radius 2 is 1.86 bits per heavy atom. The Hall–Kier alpha value is -1.60. The van der Waals surface area contributed by atoms with Gasteiger partial charge in [0.15, 0.2) is 0 Å². The summed E-state index contributed by atoms with van der Waals surface area (Å²) >= 11 is 6.54. The number of anilines is 1. The second-order valence-electron chi connectivity index (χ2n) is 4.52. The summed E-state index contributed by atoms with van der Waals surface area (Å²) in [5, 5.41) is 23.6. The highest BCUT2D eigenvalue weighted by Gasteiger charge is 2.10. The van der Waals surface area contributed by atoms with E-state index in [1.807, 2.05) is 6.92 Å². The van der Waals surface area contributed by atoms with Gasteiger partial charge in [-0.2, -0.15) is 0 Å². The minimum Gasteiger partial charge on any atom is -0.506 e. The zero-order valence-electron chi connectivity index (χ0n) is 11.1. The van der Waals surface area contributed by atoms with Crippen molar-refractivity contribution >= 4 is 43.2 Å². The maximum absolute atomic E-state index is 10.8. The Morgan fingerprint density at radius 3 is 2.43 bits per heavy atom. The van der Waals surface area contributed by atoms with E-state index >= 15 is 0 Å². The van der Waals surface area contributed by atoms with Crippen LogP contribution in [0.4, 0.5) is 11.4 Å². The number of nitrogens with zero attached hydrogens (tertiary/aromatic N) is 1. The van der Waals surface area contributed by atoms with Crippen LogP contribution in [0.2, 0.25) is 0 Å². The zero-order valence-corrected chi connectivity index (χ0v) is 14.2. The second kappa shape index (κ2) is 6.44. The molecule has 110 valence electrons. The fraction of sp³-hybridized carbons (Fsp3) is 0.143. The van der Waals surface area contributed by atoms with E-state index < -0.39 is 4.92 Å². The highest BCUT2D eigenvalue weighted by Crippen LogP contribution is 2.33. The third-order valence-electron chi connectivity index (χ3n) is 2.99. The van der Waals surface area contributed by atoms with Gasteiger partial charge in [0.05, 0.1) is 13.9 Å². The number of hydrogen-bond acceptors (Lipinski definition) is 4. The van der Waals surface area contributed by atoms with E-state index in [-0.39, 0.29) is 11.4 Å². The van der Waals surface area contributed by atoms with Gasteiger partial charge in [0.2, 0.25) is 0 Å². The average molecular weight is 416 g/mol. The lowest BCUT2D eigenvalue weighted by atomic mass is 10.1. The van der Waals surface area contributed by atoms with Gasteiger partial charge in [0.25, 0.3) is 5.69 Å². The molecule has 2 rings (SSSR count). The number of hydrogen-bond donors (Lipinski definition) is 2. The number of nitro benzene ring substituents is 1. The van der Waals surface area contributed by atoms with Crippen LogP contribution >= 0.6 is 31.9 Å². The normalized spacial score (nSPS) is 10.4. The predicted molar refractivity (Wildman–Crippen MR) is 88.7 cm³/mol. The van der Waals surface area contributed by atoms with Crippen molar-refractivity contribution in [2.24, 2.45) is 0 Å². The van der Waals surface area contributed by atoms with Crippen LogP contribution < -0.4 is 5.32 Å². The average Bonchev–Trinajstić information content (AvgIpc) is 2.43. The largest absolute Gasteiger partial charge is 0.506 e. The van der Waals surface area contributed by atoms with Gasteiger partial charge < -0.3 is 10.4 Å². The van der Waals surface area contributed by atoms with Crippen molar-refractivity contribution in [1.82, 2.24) is 0 Å². The van der Waals surface area contributed by atoms with Gasteiger partial charge >= 0.3 is 0 Å². The summed E-state index contributed by atoms with van der Waals surface area (Å²) in [6.07, 6.45) is 0. The second-order valence-corrected chi connectivity index (χ2v) is 6.23. The Labute approximate surface area is 138 Å². The molecule has 2 N–H and O–H groups in total. The Morgan fingerprint density at radius 1 is 1.24 bits per heavy atom. The summed E-state index contributed by atoms with van der Waals surface area (Å²) in [5.41, 5.74) is 2.62. The van der Waals surface area contributed by atoms with Gasteiger partial charge in [0, 0.05) is 24.4 Å². The van der Waals surface area contributed by atoms with Crippen molar-refractivity contribution in [3.8, 4) is 5.75 Å². The van der Waals surface area contributed by atoms with Crippen LogP contribution in [-0.2, 0) is 6.54 Å². The Bertz CT molecular complexity index is 682. The Kier molecular flexibility index (Phi) is 4.84. The predicted octanol–water partition coefficient (Wildman–Crippen LogP) is 4.75. The van der Waals surface area contributed by atoms with Crippen LogP contribution in [0.25, 0.3) is 0 Å². The van der Waals surface area contributed by atoms with Crippen molar-refractivity contribution in [3.63, 3.8) is 0 Å². The first-order valence-electron chi connectivity index (χ1n) is 6.04. The molecule has 0 aliphatic carbocycles. The van der Waals surface area contributed by atoms with Gasteiger partial charge in [-0.15, -0.1) is 0 Å². The summed E-state index contributed by atoms with van der Waals surface area (Å²) in [6, 6.07) is 8.29. The molecule has 2 aromatic rings. The molecule has 21 heavy (non-hydrogen) atoms. The lowest BCUT2D eigenvalue weighted by Gasteiger charge is -2.11. The summed E-state index contributed by atoms with van der Waals surface area (Å²) in [6.45, 7) is 2.37. The molecule has 0 radical (unpaired) electrons. The number of benzene rings is 2. The first-order valence-corrected chi connectivity index (χ1v) is 7.63. The smallest absolute Gasteiger partial charge is 0.271 e. The number of phenolic OH excluding ortho intramolecular Hbond substituents is 1. The maximum atomic E-state index is 10.8. The third kappa shape index (κ3) is 3.74. The summed E-state index contributed by atoms with van der Waals surface area (Å²) in [5.74, 6) is 0.144. The monoisotopic (exact) mass is 414 g/mol. The van der Waals surface area contributed by atoms with Crippen molar-refractivity contribution in [1.29, 1.82) is 0 Å². The van der Waals surface area contributed by atoms with Crippen molar-refractivity contribution in [3.05, 3.63) is 60.5 Å². The molecular formula is C14H12Br2N2O3. The topological polar surface area (TPSA) is 75.4 Å². The molecule has 0 fully saturated rings. The Balaban J connectivity index is 2.20. The van der Waals surface area contributed by atoms with Crippen LogP contribution in [0.5, 0.6) is 5.75 Å². The minimum absolute atomic E-state index is 0.0520. The molecule has 0 atom stereocenters. The molecule has 0 aliphatic rings. The van der Waals surface area contributed by atoms with Crippen LogP contribution in [-0.4, -0.2) is 10.0 Å². The third-order valence-corrected chi connectivity index (χ3v) is 4.20. The first-order chi connectivity index (χ1) is 9.88. The number of aromatic hydroxyl groups is 1. The van der Waals surface area contributed by atoms with Crippen LogP contribution in [0.3, 0.4) is 0 Å². The van der Waals surface area contributed by atoms with E-state index in [0.717, 1.165) is 11.1 Å². The molecule has 0 aromatic heterocycles. The zero-order chi connectivity index (χ0) is 15.6. The van der Waals surface area contributed by atoms with Crippen molar-refractivity contribution in [2.75, 3.05) is 5.32 Å². The molecule has 7 heteroatoms. The number of non-ortho nitro benzene ring substituents is 1. The number of halogens is 2. The molecular weight excluding hydrogens is 404 g/mol. The number of nitro groups is 1. The van der Waals surface area contributed by atoms with E-state index in [9.17, 15) is 15.2 Å². The van der Waals surface area contributed by atoms with Crippen LogP contribution in [0.15, 0.2) is 39.3 Å². The van der Waals surface area contributed by atoms with Crippen molar-refractivity contribution < 1.29 is 10.0 Å². The standard InChI is InChI=1S/C14H12Br2N2O3/c1-8-2-3-10(18(20)21)6-13(8)17-7-9-4-11(15)14(19)12(16)5-9/h2-6,17,19H,7H2,1H3. The fourth-order valence-electron chi connectivity index (χ4n) is 1.83. The summed E-state index contributed by atoms with van der Waals surface area (Å²) < 4.78 is 1.17. The first kappa shape index (κ1) is 15.8. The molecule has 0 saturated carbocycles. The summed E-state index contributed by atoms with van der Waals surface area (Å²) in [7, 11) is 0. The van der Waals surface area contributed by atoms with E-state index in [4.69, 9.17) is 0 Å². The number of aryl methyl sites for hydroxylation is 1. The fourth-order valence-corrected chi connectivity index (χ4v) is 3.11. The van der Waals surface area contributed by atoms with Gasteiger partial charge in [-0.25, -0.2) is 0 Å². The van der Waals surface area contributed by atoms with Gasteiger partial charge in [-0.05, 0) is 62.0 Å². The van der Waals surface area contributed by atoms with E-state index in [2.05, 4.69) is 37.2 Å². The van der Waals surface area contributed by atoms with E-state index in [0.29, 0.717) is 21.2 Å². The lowest BCUT2D eigenvalue weighted by molar-refractivity contribution is -0.384. The molecule has 0 spiro atoms. The molecule has 0 saturated heterocycles. The molecule has 0 bridgehead atoms. The SMILES string of the molecule is Cc1ccc([N+](=O)[O-])cc1NCc1cc(Br)c(O)c(Br)c1.